The molecule has 0 aliphatic rings. The molecule has 0 radical (unpaired) electrons. The maximum absolute atomic E-state index is 11.9. The van der Waals surface area contributed by atoms with Gasteiger partial charge in [-0.15, -0.1) is 0 Å². The third kappa shape index (κ3) is 3.01. The summed E-state index contributed by atoms with van der Waals surface area (Å²) in [4.78, 5) is 22.6. The Bertz CT molecular complexity index is 612. The molecule has 98 valence electrons. The van der Waals surface area contributed by atoms with Gasteiger partial charge >= 0.3 is 5.97 Å². The van der Waals surface area contributed by atoms with Crippen LogP contribution in [-0.2, 0) is 6.42 Å². The molecule has 0 spiro atoms. The smallest absolute Gasteiger partial charge is 0.371 e. The van der Waals surface area contributed by atoms with Crippen molar-refractivity contribution in [3.63, 3.8) is 0 Å². The second-order valence-corrected chi connectivity index (χ2v) is 3.92. The van der Waals surface area contributed by atoms with Crippen molar-refractivity contribution in [2.75, 3.05) is 7.11 Å². The van der Waals surface area contributed by atoms with Crippen LogP contribution >= 0.6 is 0 Å². The van der Waals surface area contributed by atoms with Crippen molar-refractivity contribution in [3.8, 4) is 5.75 Å². The van der Waals surface area contributed by atoms with Gasteiger partial charge in [0.15, 0.2) is 5.76 Å². The lowest BCUT2D eigenvalue weighted by atomic mass is 10.1. The number of rotatable bonds is 5. The van der Waals surface area contributed by atoms with Crippen LogP contribution in [0, 0.1) is 0 Å². The van der Waals surface area contributed by atoms with E-state index in [1.165, 1.54) is 12.1 Å². The van der Waals surface area contributed by atoms with Crippen molar-refractivity contribution >= 4 is 11.8 Å². The molecule has 0 amide bonds. The summed E-state index contributed by atoms with van der Waals surface area (Å²) >= 11 is 0. The molecule has 0 unspecified atom stereocenters. The lowest BCUT2D eigenvalue weighted by Gasteiger charge is -2.02. The molecule has 1 aromatic carbocycles. The largest absolute Gasteiger partial charge is 0.497 e. The number of hydrogen-bond donors (Lipinski definition) is 1. The Morgan fingerprint density at radius 2 is 1.95 bits per heavy atom. The summed E-state index contributed by atoms with van der Waals surface area (Å²) in [7, 11) is 1.55. The SMILES string of the molecule is COc1cccc(CC(=O)c2ccc(C(=O)O)o2)c1. The molecule has 0 bridgehead atoms. The van der Waals surface area contributed by atoms with Crippen molar-refractivity contribution in [2.45, 2.75) is 6.42 Å². The van der Waals surface area contributed by atoms with Gasteiger partial charge in [0.1, 0.15) is 5.75 Å². The standard InChI is InChI=1S/C14H12O5/c1-18-10-4-2-3-9(7-10)8-11(15)12-5-6-13(19-12)14(16)17/h2-7H,8H2,1H3,(H,16,17). The number of aromatic carboxylic acids is 1. The summed E-state index contributed by atoms with van der Waals surface area (Å²) in [5.41, 5.74) is 0.776. The van der Waals surface area contributed by atoms with E-state index >= 15 is 0 Å². The van der Waals surface area contributed by atoms with Crippen molar-refractivity contribution in [3.05, 3.63) is 53.5 Å². The topological polar surface area (TPSA) is 76.7 Å². The molecule has 0 saturated heterocycles. The fraction of sp³-hybridized carbons (Fsp3) is 0.143. The maximum Gasteiger partial charge on any atom is 0.371 e. The first-order valence-corrected chi connectivity index (χ1v) is 5.59. The van der Waals surface area contributed by atoms with Crippen LogP contribution in [0.3, 0.4) is 0 Å². The van der Waals surface area contributed by atoms with Gasteiger partial charge in [0.25, 0.3) is 0 Å². The number of carboxylic acid groups (broad SMARTS) is 1. The molecule has 19 heavy (non-hydrogen) atoms. The molecule has 0 saturated carbocycles. The van der Waals surface area contributed by atoms with E-state index < -0.39 is 5.97 Å². The molecule has 0 aliphatic carbocycles. The van der Waals surface area contributed by atoms with Crippen LogP contribution in [0.25, 0.3) is 0 Å². The Morgan fingerprint density at radius 3 is 2.58 bits per heavy atom. The van der Waals surface area contributed by atoms with Gasteiger partial charge in [0.05, 0.1) is 7.11 Å². The van der Waals surface area contributed by atoms with E-state index in [-0.39, 0.29) is 23.7 Å². The number of benzene rings is 1. The number of carbonyl (C=O) groups excluding carboxylic acids is 1. The van der Waals surface area contributed by atoms with E-state index in [4.69, 9.17) is 14.3 Å². The first-order valence-electron chi connectivity index (χ1n) is 5.59. The molecule has 1 heterocycles. The highest BCUT2D eigenvalue weighted by atomic mass is 16.5. The summed E-state index contributed by atoms with van der Waals surface area (Å²) in [6.07, 6.45) is 0.129. The summed E-state index contributed by atoms with van der Waals surface area (Å²) < 4.78 is 10.0. The summed E-state index contributed by atoms with van der Waals surface area (Å²) in [6, 6.07) is 9.74. The lowest BCUT2D eigenvalue weighted by molar-refractivity contribution is 0.0660. The molecular formula is C14H12O5. The summed E-state index contributed by atoms with van der Waals surface area (Å²) in [5, 5.41) is 8.72. The Kier molecular flexibility index (Phi) is 3.66. The van der Waals surface area contributed by atoms with Crippen molar-refractivity contribution in [1.82, 2.24) is 0 Å². The van der Waals surface area contributed by atoms with Crippen LogP contribution < -0.4 is 4.74 Å². The molecule has 0 aliphatic heterocycles. The molecule has 0 fully saturated rings. The molecule has 5 nitrogen and oxygen atoms in total. The molecule has 0 atom stereocenters. The number of carboxylic acids is 1. The Balaban J connectivity index is 2.13. The van der Waals surface area contributed by atoms with Gasteiger partial charge in [0.2, 0.25) is 11.5 Å². The Labute approximate surface area is 109 Å². The molecule has 5 heteroatoms. The highest BCUT2D eigenvalue weighted by molar-refractivity contribution is 5.96. The third-order valence-corrected chi connectivity index (χ3v) is 2.59. The molecule has 2 aromatic rings. The van der Waals surface area contributed by atoms with Crippen molar-refractivity contribution < 1.29 is 23.8 Å². The minimum Gasteiger partial charge on any atom is -0.497 e. The summed E-state index contributed by atoms with van der Waals surface area (Å²) in [5.74, 6) is -1.01. The fourth-order valence-corrected chi connectivity index (χ4v) is 1.66. The first-order chi connectivity index (χ1) is 9.10. The lowest BCUT2D eigenvalue weighted by Crippen LogP contribution is -2.02. The van der Waals surface area contributed by atoms with Gasteiger partial charge in [0, 0.05) is 6.42 Å². The minimum atomic E-state index is -1.19. The zero-order valence-corrected chi connectivity index (χ0v) is 10.3. The zero-order valence-electron chi connectivity index (χ0n) is 10.3. The van der Waals surface area contributed by atoms with Gasteiger partial charge in [-0.3, -0.25) is 4.79 Å². The quantitative estimate of drug-likeness (QED) is 0.835. The third-order valence-electron chi connectivity index (χ3n) is 2.59. The van der Waals surface area contributed by atoms with E-state index in [1.54, 1.807) is 31.4 Å². The van der Waals surface area contributed by atoms with Crippen molar-refractivity contribution in [1.29, 1.82) is 0 Å². The Morgan fingerprint density at radius 1 is 1.21 bits per heavy atom. The minimum absolute atomic E-state index is 0.0419. The molecular weight excluding hydrogens is 248 g/mol. The van der Waals surface area contributed by atoms with Crippen molar-refractivity contribution in [2.24, 2.45) is 0 Å². The predicted molar refractivity (Wildman–Crippen MR) is 66.7 cm³/mol. The van der Waals surface area contributed by atoms with E-state index in [0.29, 0.717) is 5.75 Å². The summed E-state index contributed by atoms with van der Waals surface area (Å²) in [6.45, 7) is 0. The number of ketones is 1. The van der Waals surface area contributed by atoms with Crippen LogP contribution in [0.5, 0.6) is 5.75 Å². The monoisotopic (exact) mass is 260 g/mol. The van der Waals surface area contributed by atoms with Crippen LogP contribution in [0.4, 0.5) is 0 Å². The van der Waals surface area contributed by atoms with E-state index in [2.05, 4.69) is 0 Å². The van der Waals surface area contributed by atoms with Crippen LogP contribution in [0.2, 0.25) is 0 Å². The average molecular weight is 260 g/mol. The highest BCUT2D eigenvalue weighted by Crippen LogP contribution is 2.16. The maximum atomic E-state index is 11.9. The number of furan rings is 1. The van der Waals surface area contributed by atoms with Gasteiger partial charge in [-0.2, -0.15) is 0 Å². The Hall–Kier alpha value is -2.56. The van der Waals surface area contributed by atoms with E-state index in [9.17, 15) is 9.59 Å². The van der Waals surface area contributed by atoms with Crippen LogP contribution in [-0.4, -0.2) is 24.0 Å². The molecule has 1 aromatic heterocycles. The second-order valence-electron chi connectivity index (χ2n) is 3.92. The predicted octanol–water partition coefficient (Wildman–Crippen LogP) is 2.41. The number of carbonyl (C=O) groups is 2. The number of ether oxygens (including phenoxy) is 1. The van der Waals surface area contributed by atoms with Crippen LogP contribution in [0.15, 0.2) is 40.8 Å². The van der Waals surface area contributed by atoms with Crippen LogP contribution in [0.1, 0.15) is 26.7 Å². The fourth-order valence-electron chi connectivity index (χ4n) is 1.66. The van der Waals surface area contributed by atoms with Gasteiger partial charge in [-0.05, 0) is 29.8 Å². The van der Waals surface area contributed by atoms with E-state index in [0.717, 1.165) is 5.56 Å². The molecule has 2 rings (SSSR count). The van der Waals surface area contributed by atoms with E-state index in [1.807, 2.05) is 0 Å². The van der Waals surface area contributed by atoms with Gasteiger partial charge < -0.3 is 14.3 Å². The van der Waals surface area contributed by atoms with Gasteiger partial charge in [-0.25, -0.2) is 4.79 Å². The average Bonchev–Trinajstić information content (AvgIpc) is 2.89. The number of hydrogen-bond acceptors (Lipinski definition) is 4. The normalized spacial score (nSPS) is 10.2. The number of methoxy groups -OCH3 is 1. The zero-order chi connectivity index (χ0) is 13.8. The molecule has 1 N–H and O–H groups in total. The highest BCUT2D eigenvalue weighted by Gasteiger charge is 2.15. The van der Waals surface area contributed by atoms with Gasteiger partial charge in [-0.1, -0.05) is 12.1 Å². The first kappa shape index (κ1) is 12.9. The second kappa shape index (κ2) is 5.39. The number of Topliss-reactive ketones (excluding diaryl/α,β-unsaturated/α-hetero) is 1.